The van der Waals surface area contributed by atoms with E-state index in [-0.39, 0.29) is 0 Å². The lowest BCUT2D eigenvalue weighted by molar-refractivity contribution is 0.504. The molecule has 0 heterocycles. The summed E-state index contributed by atoms with van der Waals surface area (Å²) in [5.41, 5.74) is 0. The third-order valence-corrected chi connectivity index (χ3v) is 3.69. The Bertz CT molecular complexity index is 157. The van der Waals surface area contributed by atoms with Crippen molar-refractivity contribution < 1.29 is 0 Å². The summed E-state index contributed by atoms with van der Waals surface area (Å²) in [4.78, 5) is 0. The van der Waals surface area contributed by atoms with E-state index in [1.807, 2.05) is 6.08 Å². The molecular formula is C18H36. The van der Waals surface area contributed by atoms with Gasteiger partial charge < -0.3 is 0 Å². The van der Waals surface area contributed by atoms with E-state index in [0.717, 1.165) is 5.92 Å². The summed E-state index contributed by atoms with van der Waals surface area (Å²) in [6.07, 6.45) is 20.5. The largest absolute Gasteiger partial charge is 0.103 e. The van der Waals surface area contributed by atoms with E-state index in [9.17, 15) is 0 Å². The summed E-state index contributed by atoms with van der Waals surface area (Å²) >= 11 is 0. The van der Waals surface area contributed by atoms with E-state index in [0.29, 0.717) is 0 Å². The first-order valence-electron chi connectivity index (χ1n) is 8.38. The molecule has 0 aromatic rings. The number of rotatable bonds is 14. The van der Waals surface area contributed by atoms with Crippen LogP contribution < -0.4 is 0 Å². The Morgan fingerprint density at radius 3 is 1.44 bits per heavy atom. The molecule has 0 spiro atoms. The standard InChI is InChI=1S/C18H36/c1-4-5-6-7-8-9-10-11-12-13-14-15-16-17-18(2)3/h4,18H,1,5-17H2,2-3H3. The Labute approximate surface area is 116 Å². The smallest absolute Gasteiger partial charge is 0.0353 e. The van der Waals surface area contributed by atoms with Gasteiger partial charge in [-0.1, -0.05) is 90.6 Å². The summed E-state index contributed by atoms with van der Waals surface area (Å²) in [5.74, 6) is 0.895. The van der Waals surface area contributed by atoms with Crippen molar-refractivity contribution in [2.75, 3.05) is 0 Å². The van der Waals surface area contributed by atoms with Crippen LogP contribution in [0.25, 0.3) is 0 Å². The van der Waals surface area contributed by atoms with E-state index < -0.39 is 0 Å². The van der Waals surface area contributed by atoms with Crippen LogP contribution in [0, 0.1) is 5.92 Å². The van der Waals surface area contributed by atoms with Crippen molar-refractivity contribution in [2.45, 2.75) is 97.3 Å². The first kappa shape index (κ1) is 17.7. The SMILES string of the molecule is C=CCCCCCCCCCCCCCC(C)C. The molecular weight excluding hydrogens is 216 g/mol. The molecule has 0 amide bonds. The van der Waals surface area contributed by atoms with Crippen LogP contribution in [0.3, 0.4) is 0 Å². The van der Waals surface area contributed by atoms with Gasteiger partial charge in [0.2, 0.25) is 0 Å². The highest BCUT2D eigenvalue weighted by Gasteiger charge is 1.95. The number of allylic oxidation sites excluding steroid dienone is 1. The fourth-order valence-corrected chi connectivity index (χ4v) is 2.43. The van der Waals surface area contributed by atoms with Crippen molar-refractivity contribution in [3.63, 3.8) is 0 Å². The minimum atomic E-state index is 0.895. The normalized spacial score (nSPS) is 11.1. The van der Waals surface area contributed by atoms with Crippen LogP contribution in [0.15, 0.2) is 12.7 Å². The summed E-state index contributed by atoms with van der Waals surface area (Å²) in [6, 6.07) is 0. The minimum Gasteiger partial charge on any atom is -0.103 e. The summed E-state index contributed by atoms with van der Waals surface area (Å²) < 4.78 is 0. The maximum atomic E-state index is 3.76. The Morgan fingerprint density at radius 2 is 1.06 bits per heavy atom. The number of hydrogen-bond donors (Lipinski definition) is 0. The van der Waals surface area contributed by atoms with Crippen molar-refractivity contribution in [1.29, 1.82) is 0 Å². The quantitative estimate of drug-likeness (QED) is 0.233. The van der Waals surface area contributed by atoms with Gasteiger partial charge in [0.15, 0.2) is 0 Å². The molecule has 108 valence electrons. The van der Waals surface area contributed by atoms with Crippen LogP contribution in [0.1, 0.15) is 97.3 Å². The van der Waals surface area contributed by atoms with Crippen LogP contribution >= 0.6 is 0 Å². The molecule has 0 saturated carbocycles. The molecule has 0 aromatic heterocycles. The van der Waals surface area contributed by atoms with E-state index in [2.05, 4.69) is 20.4 Å². The zero-order valence-electron chi connectivity index (χ0n) is 13.1. The predicted octanol–water partition coefficient (Wildman–Crippen LogP) is 6.90. The first-order chi connectivity index (χ1) is 8.77. The van der Waals surface area contributed by atoms with Gasteiger partial charge in [-0.2, -0.15) is 0 Å². The number of hydrogen-bond acceptors (Lipinski definition) is 0. The molecule has 0 saturated heterocycles. The second-order valence-electron chi connectivity index (χ2n) is 6.15. The van der Waals surface area contributed by atoms with Crippen molar-refractivity contribution in [1.82, 2.24) is 0 Å². The van der Waals surface area contributed by atoms with Gasteiger partial charge in [-0.3, -0.25) is 0 Å². The zero-order chi connectivity index (χ0) is 13.5. The fourth-order valence-electron chi connectivity index (χ4n) is 2.43. The number of unbranched alkanes of at least 4 members (excludes halogenated alkanes) is 11. The summed E-state index contributed by atoms with van der Waals surface area (Å²) in [5, 5.41) is 0. The molecule has 18 heavy (non-hydrogen) atoms. The van der Waals surface area contributed by atoms with Gasteiger partial charge in [-0.15, -0.1) is 6.58 Å². The highest BCUT2D eigenvalue weighted by atomic mass is 14.0. The molecule has 0 fully saturated rings. The van der Waals surface area contributed by atoms with Gasteiger partial charge in [0.25, 0.3) is 0 Å². The van der Waals surface area contributed by atoms with Crippen LogP contribution in [0.2, 0.25) is 0 Å². The highest BCUT2D eigenvalue weighted by Crippen LogP contribution is 2.13. The topological polar surface area (TPSA) is 0 Å². The predicted molar refractivity (Wildman–Crippen MR) is 85.1 cm³/mol. The summed E-state index contributed by atoms with van der Waals surface area (Å²) in [6.45, 7) is 8.42. The van der Waals surface area contributed by atoms with Crippen molar-refractivity contribution in [3.8, 4) is 0 Å². The molecule has 0 atom stereocenters. The average Bonchev–Trinajstić information content (AvgIpc) is 2.34. The second kappa shape index (κ2) is 14.8. The second-order valence-corrected chi connectivity index (χ2v) is 6.15. The average molecular weight is 252 g/mol. The molecule has 0 aliphatic heterocycles. The Morgan fingerprint density at radius 1 is 0.667 bits per heavy atom. The Kier molecular flexibility index (Phi) is 14.6. The molecule has 0 aromatic carbocycles. The van der Waals surface area contributed by atoms with Gasteiger partial charge >= 0.3 is 0 Å². The third-order valence-electron chi connectivity index (χ3n) is 3.69. The molecule has 0 rings (SSSR count). The van der Waals surface area contributed by atoms with Crippen LogP contribution in [-0.4, -0.2) is 0 Å². The molecule has 0 unspecified atom stereocenters. The minimum absolute atomic E-state index is 0.895. The molecule has 0 heteroatoms. The molecule has 0 bridgehead atoms. The van der Waals surface area contributed by atoms with Crippen molar-refractivity contribution in [2.24, 2.45) is 5.92 Å². The van der Waals surface area contributed by atoms with Crippen LogP contribution in [0.5, 0.6) is 0 Å². The maximum Gasteiger partial charge on any atom is -0.0353 e. The van der Waals surface area contributed by atoms with Crippen molar-refractivity contribution >= 4 is 0 Å². The van der Waals surface area contributed by atoms with Crippen LogP contribution in [-0.2, 0) is 0 Å². The lowest BCUT2D eigenvalue weighted by atomic mass is 10.0. The lowest BCUT2D eigenvalue weighted by Gasteiger charge is -2.04. The van der Waals surface area contributed by atoms with E-state index >= 15 is 0 Å². The zero-order valence-corrected chi connectivity index (χ0v) is 13.1. The van der Waals surface area contributed by atoms with Crippen LogP contribution in [0.4, 0.5) is 0 Å². The van der Waals surface area contributed by atoms with Gasteiger partial charge in [0.1, 0.15) is 0 Å². The molecule has 0 nitrogen and oxygen atoms in total. The van der Waals surface area contributed by atoms with Gasteiger partial charge in [0.05, 0.1) is 0 Å². The monoisotopic (exact) mass is 252 g/mol. The Balaban J connectivity index is 2.92. The molecule has 0 N–H and O–H groups in total. The van der Waals surface area contributed by atoms with Gasteiger partial charge in [-0.05, 0) is 18.8 Å². The van der Waals surface area contributed by atoms with Gasteiger partial charge in [-0.25, -0.2) is 0 Å². The van der Waals surface area contributed by atoms with E-state index in [4.69, 9.17) is 0 Å². The summed E-state index contributed by atoms with van der Waals surface area (Å²) in [7, 11) is 0. The highest BCUT2D eigenvalue weighted by molar-refractivity contribution is 4.65. The maximum absolute atomic E-state index is 3.76. The fraction of sp³-hybridized carbons (Fsp3) is 0.889. The first-order valence-corrected chi connectivity index (χ1v) is 8.38. The lowest BCUT2D eigenvalue weighted by Crippen LogP contribution is -1.87. The van der Waals surface area contributed by atoms with E-state index in [1.54, 1.807) is 0 Å². The van der Waals surface area contributed by atoms with Gasteiger partial charge in [0, 0.05) is 0 Å². The Hall–Kier alpha value is -0.260. The molecule has 0 radical (unpaired) electrons. The van der Waals surface area contributed by atoms with E-state index in [1.165, 1.54) is 83.5 Å². The van der Waals surface area contributed by atoms with Crippen molar-refractivity contribution in [3.05, 3.63) is 12.7 Å². The molecule has 0 aliphatic rings. The molecule has 0 aliphatic carbocycles. The third kappa shape index (κ3) is 15.7.